The third-order valence-corrected chi connectivity index (χ3v) is 3.39. The van der Waals surface area contributed by atoms with Crippen LogP contribution in [0, 0.1) is 6.92 Å². The Bertz CT molecular complexity index is 505. The van der Waals surface area contributed by atoms with E-state index in [1.807, 2.05) is 0 Å². The van der Waals surface area contributed by atoms with E-state index in [1.54, 1.807) is 13.0 Å². The fourth-order valence-electron chi connectivity index (χ4n) is 2.01. The Morgan fingerprint density at radius 2 is 2.32 bits per heavy atom. The highest BCUT2D eigenvalue weighted by Gasteiger charge is 2.23. The molecule has 102 valence electrons. The molecule has 0 spiro atoms. The maximum absolute atomic E-state index is 12.1. The number of pyridine rings is 1. The lowest BCUT2D eigenvalue weighted by Crippen LogP contribution is -2.45. The van der Waals surface area contributed by atoms with E-state index in [0.717, 1.165) is 18.5 Å². The first-order valence-electron chi connectivity index (χ1n) is 6.28. The van der Waals surface area contributed by atoms with Gasteiger partial charge in [-0.2, -0.15) is 0 Å². The van der Waals surface area contributed by atoms with Crippen LogP contribution in [0.25, 0.3) is 0 Å². The van der Waals surface area contributed by atoms with Gasteiger partial charge in [-0.3, -0.25) is 14.6 Å². The molecule has 1 aromatic rings. The van der Waals surface area contributed by atoms with Crippen LogP contribution < -0.4 is 10.6 Å². The zero-order chi connectivity index (χ0) is 13.8. The predicted molar refractivity (Wildman–Crippen MR) is 72.1 cm³/mol. The summed E-state index contributed by atoms with van der Waals surface area (Å²) in [7, 11) is 0. The maximum Gasteiger partial charge on any atom is 0.255 e. The van der Waals surface area contributed by atoms with Gasteiger partial charge in [0.2, 0.25) is 5.91 Å². The van der Waals surface area contributed by atoms with Crippen molar-refractivity contribution in [1.29, 1.82) is 0 Å². The fraction of sp³-hybridized carbons (Fsp3) is 0.462. The predicted octanol–water partition coefficient (Wildman–Crippen LogP) is 1.44. The summed E-state index contributed by atoms with van der Waals surface area (Å²) in [5.74, 6) is -0.499. The van der Waals surface area contributed by atoms with Crippen molar-refractivity contribution in [1.82, 2.24) is 15.6 Å². The first kappa shape index (κ1) is 13.8. The lowest BCUT2D eigenvalue weighted by atomic mass is 10.1. The van der Waals surface area contributed by atoms with E-state index in [1.165, 1.54) is 6.20 Å². The quantitative estimate of drug-likeness (QED) is 0.862. The second kappa shape index (κ2) is 6.02. The van der Waals surface area contributed by atoms with Crippen LogP contribution in [0.1, 0.15) is 35.3 Å². The van der Waals surface area contributed by atoms with Gasteiger partial charge < -0.3 is 10.6 Å². The minimum atomic E-state index is -0.493. The normalized spacial score (nSPS) is 19.5. The van der Waals surface area contributed by atoms with E-state index in [9.17, 15) is 9.59 Å². The number of aryl methyl sites for hydroxylation is 1. The first-order valence-corrected chi connectivity index (χ1v) is 6.66. The molecule has 2 heterocycles. The van der Waals surface area contributed by atoms with Gasteiger partial charge in [-0.15, -0.1) is 0 Å². The van der Waals surface area contributed by atoms with Crippen LogP contribution in [-0.2, 0) is 4.79 Å². The molecule has 0 radical (unpaired) electrons. The van der Waals surface area contributed by atoms with Crippen molar-refractivity contribution in [3.05, 3.63) is 28.5 Å². The molecule has 6 heteroatoms. The maximum atomic E-state index is 12.1. The van der Waals surface area contributed by atoms with Crippen LogP contribution in [0.15, 0.2) is 12.3 Å². The Morgan fingerprint density at radius 3 is 3.05 bits per heavy atom. The fourth-order valence-corrected chi connectivity index (χ4v) is 2.30. The number of amides is 2. The molecule has 0 bridgehead atoms. The van der Waals surface area contributed by atoms with Gasteiger partial charge in [0.05, 0.1) is 10.6 Å². The zero-order valence-corrected chi connectivity index (χ0v) is 11.5. The summed E-state index contributed by atoms with van der Waals surface area (Å²) in [5.41, 5.74) is 1.04. The van der Waals surface area contributed by atoms with Crippen molar-refractivity contribution < 1.29 is 9.59 Å². The molecule has 19 heavy (non-hydrogen) atoms. The molecule has 1 aliphatic heterocycles. The van der Waals surface area contributed by atoms with Gasteiger partial charge >= 0.3 is 0 Å². The van der Waals surface area contributed by atoms with Crippen LogP contribution in [-0.4, -0.2) is 29.4 Å². The van der Waals surface area contributed by atoms with Crippen molar-refractivity contribution in [3.63, 3.8) is 0 Å². The average Bonchev–Trinajstić information content (AvgIpc) is 2.55. The molecule has 1 fully saturated rings. The van der Waals surface area contributed by atoms with Gasteiger partial charge in [-0.1, -0.05) is 11.6 Å². The molecule has 1 atom stereocenters. The van der Waals surface area contributed by atoms with Crippen LogP contribution in [0.4, 0.5) is 0 Å². The smallest absolute Gasteiger partial charge is 0.255 e. The molecule has 0 aromatic carbocycles. The van der Waals surface area contributed by atoms with E-state index >= 15 is 0 Å². The summed E-state index contributed by atoms with van der Waals surface area (Å²) in [5, 5.41) is 5.83. The third-order valence-electron chi connectivity index (χ3n) is 3.08. The standard InChI is InChI=1S/C13H16ClN3O2/c1-8-6-10(14)9(7-16-8)12(18)17-11-4-2-3-5-15-13(11)19/h6-7,11H,2-5H2,1H3,(H,15,19)(H,17,18). The Hall–Kier alpha value is -1.62. The topological polar surface area (TPSA) is 71.1 Å². The lowest BCUT2D eigenvalue weighted by molar-refractivity contribution is -0.122. The van der Waals surface area contributed by atoms with Crippen molar-refractivity contribution in [2.75, 3.05) is 6.54 Å². The summed E-state index contributed by atoms with van der Waals surface area (Å²) in [4.78, 5) is 27.9. The van der Waals surface area contributed by atoms with E-state index in [2.05, 4.69) is 15.6 Å². The van der Waals surface area contributed by atoms with Crippen LogP contribution >= 0.6 is 11.6 Å². The molecule has 1 aromatic heterocycles. The van der Waals surface area contributed by atoms with Gasteiger partial charge in [0, 0.05) is 18.4 Å². The highest BCUT2D eigenvalue weighted by Crippen LogP contribution is 2.16. The number of aromatic nitrogens is 1. The van der Waals surface area contributed by atoms with E-state index < -0.39 is 6.04 Å². The molecule has 2 N–H and O–H groups in total. The summed E-state index contributed by atoms with van der Waals surface area (Å²) < 4.78 is 0. The number of halogens is 1. The number of hydrogen-bond donors (Lipinski definition) is 2. The molecule has 2 amide bonds. The van der Waals surface area contributed by atoms with Gasteiger partial charge in [0.25, 0.3) is 5.91 Å². The Balaban J connectivity index is 2.09. The number of nitrogens with zero attached hydrogens (tertiary/aromatic N) is 1. The number of carbonyl (C=O) groups excluding carboxylic acids is 2. The second-order valence-corrected chi connectivity index (χ2v) is 5.03. The molecule has 0 saturated carbocycles. The Kier molecular flexibility index (Phi) is 4.37. The summed E-state index contributed by atoms with van der Waals surface area (Å²) >= 11 is 6.01. The monoisotopic (exact) mass is 281 g/mol. The Morgan fingerprint density at radius 1 is 1.53 bits per heavy atom. The summed E-state index contributed by atoms with van der Waals surface area (Å²) in [6.07, 6.45) is 3.92. The van der Waals surface area contributed by atoms with Crippen molar-refractivity contribution in [2.45, 2.75) is 32.2 Å². The van der Waals surface area contributed by atoms with Crippen LogP contribution in [0.2, 0.25) is 5.02 Å². The SMILES string of the molecule is Cc1cc(Cl)c(C(=O)NC2CCCCNC2=O)cn1. The first-order chi connectivity index (χ1) is 9.08. The van der Waals surface area contributed by atoms with Gasteiger partial charge in [0.15, 0.2) is 0 Å². The van der Waals surface area contributed by atoms with Crippen LogP contribution in [0.5, 0.6) is 0 Å². The van der Waals surface area contributed by atoms with Crippen molar-refractivity contribution in [2.24, 2.45) is 0 Å². The zero-order valence-electron chi connectivity index (χ0n) is 10.7. The van der Waals surface area contributed by atoms with Gasteiger partial charge in [-0.05, 0) is 32.3 Å². The highest BCUT2D eigenvalue weighted by molar-refractivity contribution is 6.33. The second-order valence-electron chi connectivity index (χ2n) is 4.62. The van der Waals surface area contributed by atoms with E-state index in [0.29, 0.717) is 23.6 Å². The third kappa shape index (κ3) is 3.44. The summed E-state index contributed by atoms with van der Waals surface area (Å²) in [6.45, 7) is 2.46. The molecule has 1 aliphatic rings. The van der Waals surface area contributed by atoms with Crippen molar-refractivity contribution >= 4 is 23.4 Å². The minimum Gasteiger partial charge on any atom is -0.354 e. The number of hydrogen-bond acceptors (Lipinski definition) is 3. The average molecular weight is 282 g/mol. The number of carbonyl (C=O) groups is 2. The van der Waals surface area contributed by atoms with Gasteiger partial charge in [-0.25, -0.2) is 0 Å². The van der Waals surface area contributed by atoms with Crippen LogP contribution in [0.3, 0.4) is 0 Å². The molecule has 5 nitrogen and oxygen atoms in total. The molecule has 1 unspecified atom stereocenters. The molecule has 0 aliphatic carbocycles. The van der Waals surface area contributed by atoms with Crippen molar-refractivity contribution in [3.8, 4) is 0 Å². The lowest BCUT2D eigenvalue weighted by Gasteiger charge is -2.15. The Labute approximate surface area is 116 Å². The molecular weight excluding hydrogens is 266 g/mol. The molecule has 1 saturated heterocycles. The van der Waals surface area contributed by atoms with E-state index in [4.69, 9.17) is 11.6 Å². The number of nitrogens with one attached hydrogen (secondary N) is 2. The minimum absolute atomic E-state index is 0.137. The highest BCUT2D eigenvalue weighted by atomic mass is 35.5. The summed E-state index contributed by atoms with van der Waals surface area (Å²) in [6, 6.07) is 1.14. The van der Waals surface area contributed by atoms with E-state index in [-0.39, 0.29) is 11.8 Å². The largest absolute Gasteiger partial charge is 0.354 e. The van der Waals surface area contributed by atoms with Gasteiger partial charge in [0.1, 0.15) is 6.04 Å². The number of rotatable bonds is 2. The molecule has 2 rings (SSSR count). The molecular formula is C13H16ClN3O2.